The molecule has 0 aliphatic carbocycles. The van der Waals surface area contributed by atoms with Crippen molar-refractivity contribution in [1.82, 2.24) is 0 Å². The first-order valence-corrected chi connectivity index (χ1v) is 6.72. The Labute approximate surface area is 119 Å². The van der Waals surface area contributed by atoms with E-state index in [1.54, 1.807) is 7.11 Å². The number of nitrogens with two attached hydrogens (primary N) is 1. The van der Waals surface area contributed by atoms with Crippen molar-refractivity contribution in [2.75, 3.05) is 7.11 Å². The van der Waals surface area contributed by atoms with Gasteiger partial charge in [0, 0.05) is 16.5 Å². The first kappa shape index (κ1) is 15.3. The summed E-state index contributed by atoms with van der Waals surface area (Å²) in [6, 6.07) is 1.97. The predicted molar refractivity (Wildman–Crippen MR) is 81.8 cm³/mol. The molecule has 0 amide bonds. The van der Waals surface area contributed by atoms with E-state index in [1.165, 1.54) is 0 Å². The Morgan fingerprint density at radius 3 is 2.39 bits per heavy atom. The molecule has 1 rings (SSSR count). The van der Waals surface area contributed by atoms with Gasteiger partial charge in [-0.3, -0.25) is 0 Å². The average molecular weight is 286 g/mol. The normalized spacial score (nSPS) is 14.1. The lowest BCUT2D eigenvalue weighted by Gasteiger charge is -2.24. The molecule has 1 aromatic carbocycles. The molecule has 0 fully saturated rings. The van der Waals surface area contributed by atoms with Crippen LogP contribution in [0.15, 0.2) is 6.07 Å². The Bertz CT molecular complexity index is 473. The van der Waals surface area contributed by atoms with Gasteiger partial charge in [-0.05, 0) is 37.0 Å². The van der Waals surface area contributed by atoms with Crippen molar-refractivity contribution in [2.24, 2.45) is 11.7 Å². The third-order valence-corrected chi connectivity index (χ3v) is 4.52. The Hall–Kier alpha value is -0.800. The van der Waals surface area contributed by atoms with Crippen molar-refractivity contribution >= 4 is 28.8 Å². The zero-order valence-electron chi connectivity index (χ0n) is 11.5. The van der Waals surface area contributed by atoms with Gasteiger partial charge in [0.2, 0.25) is 0 Å². The fourth-order valence-electron chi connectivity index (χ4n) is 2.17. The van der Waals surface area contributed by atoms with E-state index in [0.717, 1.165) is 27.5 Å². The molecule has 2 atom stereocenters. The van der Waals surface area contributed by atoms with Crippen LogP contribution in [0.4, 0.5) is 0 Å². The SMILES string of the molecule is COc1cc(C)c(Cl)c(C)c1C(C)C(C)C(N)=S. The Balaban J connectivity index is 3.39. The number of thiocarbonyl (C=S) groups is 1. The van der Waals surface area contributed by atoms with Crippen molar-refractivity contribution in [3.05, 3.63) is 27.8 Å². The highest BCUT2D eigenvalue weighted by molar-refractivity contribution is 7.80. The second-order valence-electron chi connectivity index (χ2n) is 4.73. The van der Waals surface area contributed by atoms with Crippen LogP contribution in [0, 0.1) is 19.8 Å². The van der Waals surface area contributed by atoms with Gasteiger partial charge in [0.1, 0.15) is 5.75 Å². The van der Waals surface area contributed by atoms with E-state index >= 15 is 0 Å². The molecule has 1 aromatic rings. The molecule has 0 bridgehead atoms. The minimum Gasteiger partial charge on any atom is -0.496 e. The lowest BCUT2D eigenvalue weighted by Crippen LogP contribution is -2.24. The highest BCUT2D eigenvalue weighted by Crippen LogP contribution is 2.39. The van der Waals surface area contributed by atoms with Crippen molar-refractivity contribution in [3.8, 4) is 5.75 Å². The number of methoxy groups -OCH3 is 1. The second kappa shape index (κ2) is 5.89. The number of hydrogen-bond acceptors (Lipinski definition) is 2. The molecule has 0 aliphatic rings. The highest BCUT2D eigenvalue weighted by atomic mass is 35.5. The van der Waals surface area contributed by atoms with E-state index < -0.39 is 0 Å². The number of ether oxygens (including phenoxy) is 1. The third-order valence-electron chi connectivity index (χ3n) is 3.57. The molecule has 0 aromatic heterocycles. The van der Waals surface area contributed by atoms with Crippen LogP contribution in [-0.2, 0) is 0 Å². The largest absolute Gasteiger partial charge is 0.496 e. The molecular formula is C14H20ClNOS. The van der Waals surface area contributed by atoms with E-state index in [4.69, 9.17) is 34.3 Å². The van der Waals surface area contributed by atoms with Crippen LogP contribution in [0.3, 0.4) is 0 Å². The third kappa shape index (κ3) is 2.78. The maximum atomic E-state index is 6.32. The summed E-state index contributed by atoms with van der Waals surface area (Å²) in [5.74, 6) is 1.13. The van der Waals surface area contributed by atoms with E-state index in [1.807, 2.05) is 26.8 Å². The van der Waals surface area contributed by atoms with Crippen LogP contribution in [-0.4, -0.2) is 12.1 Å². The number of rotatable bonds is 4. The topological polar surface area (TPSA) is 35.2 Å². The lowest BCUT2D eigenvalue weighted by molar-refractivity contribution is 0.402. The van der Waals surface area contributed by atoms with Gasteiger partial charge in [-0.1, -0.05) is 37.7 Å². The van der Waals surface area contributed by atoms with Crippen LogP contribution in [0.25, 0.3) is 0 Å². The van der Waals surface area contributed by atoms with Gasteiger partial charge in [0.25, 0.3) is 0 Å². The predicted octanol–water partition coefficient (Wildman–Crippen LogP) is 3.99. The number of halogens is 1. The summed E-state index contributed by atoms with van der Waals surface area (Å²) >= 11 is 11.4. The molecule has 2 nitrogen and oxygen atoms in total. The van der Waals surface area contributed by atoms with Crippen LogP contribution >= 0.6 is 23.8 Å². The number of aryl methyl sites for hydroxylation is 1. The minimum absolute atomic E-state index is 0.103. The first-order valence-electron chi connectivity index (χ1n) is 5.94. The molecule has 0 heterocycles. The van der Waals surface area contributed by atoms with Gasteiger partial charge < -0.3 is 10.5 Å². The van der Waals surface area contributed by atoms with Gasteiger partial charge in [-0.15, -0.1) is 0 Å². The summed E-state index contributed by atoms with van der Waals surface area (Å²) in [5, 5.41) is 0.785. The minimum atomic E-state index is 0.103. The number of hydrogen-bond donors (Lipinski definition) is 1. The number of benzene rings is 1. The summed E-state index contributed by atoms with van der Waals surface area (Å²) in [6.45, 7) is 8.11. The average Bonchev–Trinajstić information content (AvgIpc) is 2.33. The molecule has 0 spiro atoms. The second-order valence-corrected chi connectivity index (χ2v) is 5.58. The first-order chi connectivity index (χ1) is 8.31. The molecule has 0 radical (unpaired) electrons. The zero-order chi connectivity index (χ0) is 14.0. The van der Waals surface area contributed by atoms with Crippen LogP contribution < -0.4 is 10.5 Å². The zero-order valence-corrected chi connectivity index (χ0v) is 13.1. The van der Waals surface area contributed by atoms with Crippen LogP contribution in [0.1, 0.15) is 36.5 Å². The molecule has 2 unspecified atom stereocenters. The molecule has 0 saturated carbocycles. The Kier molecular flexibility index (Phi) is 5.00. The smallest absolute Gasteiger partial charge is 0.122 e. The maximum Gasteiger partial charge on any atom is 0.122 e. The maximum absolute atomic E-state index is 6.32. The van der Waals surface area contributed by atoms with E-state index in [9.17, 15) is 0 Å². The van der Waals surface area contributed by atoms with E-state index in [0.29, 0.717) is 4.99 Å². The monoisotopic (exact) mass is 285 g/mol. The van der Waals surface area contributed by atoms with Crippen molar-refractivity contribution in [2.45, 2.75) is 33.6 Å². The summed E-state index contributed by atoms with van der Waals surface area (Å²) < 4.78 is 5.47. The standard InChI is InChI=1S/C14H20ClNOS/c1-7-6-11(17-5)12(10(4)13(7)15)8(2)9(3)14(16)18/h6,8-9H,1-5H3,(H2,16,18). The van der Waals surface area contributed by atoms with Gasteiger partial charge in [0.05, 0.1) is 12.1 Å². The van der Waals surface area contributed by atoms with Crippen LogP contribution in [0.2, 0.25) is 5.02 Å². The molecule has 100 valence electrons. The molecule has 4 heteroatoms. The lowest BCUT2D eigenvalue weighted by atomic mass is 9.85. The van der Waals surface area contributed by atoms with Crippen molar-refractivity contribution in [1.29, 1.82) is 0 Å². The quantitative estimate of drug-likeness (QED) is 0.850. The fraction of sp³-hybridized carbons (Fsp3) is 0.500. The van der Waals surface area contributed by atoms with Gasteiger partial charge in [-0.2, -0.15) is 0 Å². The van der Waals surface area contributed by atoms with E-state index in [-0.39, 0.29) is 11.8 Å². The summed E-state index contributed by atoms with van der Waals surface area (Å²) in [5.41, 5.74) is 8.90. The molecule has 0 aliphatic heterocycles. The summed E-state index contributed by atoms with van der Waals surface area (Å²) in [6.07, 6.45) is 0. The van der Waals surface area contributed by atoms with Crippen molar-refractivity contribution < 1.29 is 4.74 Å². The molecular weight excluding hydrogens is 266 g/mol. The Morgan fingerprint density at radius 2 is 1.94 bits per heavy atom. The Morgan fingerprint density at radius 1 is 1.39 bits per heavy atom. The summed E-state index contributed by atoms with van der Waals surface area (Å²) in [7, 11) is 1.67. The van der Waals surface area contributed by atoms with Crippen molar-refractivity contribution in [3.63, 3.8) is 0 Å². The summed E-state index contributed by atoms with van der Waals surface area (Å²) in [4.78, 5) is 0.514. The molecule has 2 N–H and O–H groups in total. The van der Waals surface area contributed by atoms with Crippen LogP contribution in [0.5, 0.6) is 5.75 Å². The van der Waals surface area contributed by atoms with Gasteiger partial charge in [-0.25, -0.2) is 0 Å². The van der Waals surface area contributed by atoms with Gasteiger partial charge >= 0.3 is 0 Å². The molecule has 0 saturated heterocycles. The fourth-order valence-corrected chi connectivity index (χ4v) is 2.53. The van der Waals surface area contributed by atoms with E-state index in [2.05, 4.69) is 6.92 Å². The molecule has 18 heavy (non-hydrogen) atoms. The van der Waals surface area contributed by atoms with Gasteiger partial charge in [0.15, 0.2) is 0 Å². The highest BCUT2D eigenvalue weighted by Gasteiger charge is 2.24.